The van der Waals surface area contributed by atoms with Gasteiger partial charge in [-0.15, -0.1) is 0 Å². The van der Waals surface area contributed by atoms with Crippen LogP contribution in [0.2, 0.25) is 0 Å². The second-order valence-electron chi connectivity index (χ2n) is 6.96. The van der Waals surface area contributed by atoms with E-state index in [2.05, 4.69) is 24.5 Å². The number of rotatable bonds is 6. The van der Waals surface area contributed by atoms with Crippen LogP contribution in [0.15, 0.2) is 0 Å². The Balaban J connectivity index is 1.82. The first-order valence-electron chi connectivity index (χ1n) is 8.72. The molecule has 3 unspecified atom stereocenters. The Morgan fingerprint density at radius 2 is 2.05 bits per heavy atom. The standard InChI is InChI=1S/C17H32N2O/c1-3-6-15(12-14-7-4-5-8-14)17(20)19-16-9-10-18-13(2)11-16/h13-16,18H,3-12H2,1-2H3,(H,19,20). The Labute approximate surface area is 124 Å². The van der Waals surface area contributed by atoms with Crippen LogP contribution in [0, 0.1) is 11.8 Å². The summed E-state index contributed by atoms with van der Waals surface area (Å²) in [5.41, 5.74) is 0. The average Bonchev–Trinajstić information content (AvgIpc) is 2.91. The summed E-state index contributed by atoms with van der Waals surface area (Å²) in [6.07, 6.45) is 10.9. The van der Waals surface area contributed by atoms with Gasteiger partial charge in [-0.3, -0.25) is 4.79 Å². The zero-order valence-corrected chi connectivity index (χ0v) is 13.3. The van der Waals surface area contributed by atoms with Crippen LogP contribution in [-0.4, -0.2) is 24.5 Å². The molecule has 3 heteroatoms. The van der Waals surface area contributed by atoms with Gasteiger partial charge >= 0.3 is 0 Å². The van der Waals surface area contributed by atoms with Crippen molar-refractivity contribution in [1.82, 2.24) is 10.6 Å². The number of amides is 1. The largest absolute Gasteiger partial charge is 0.353 e. The SMILES string of the molecule is CCCC(CC1CCCC1)C(=O)NC1CCNC(C)C1. The first-order chi connectivity index (χ1) is 9.69. The van der Waals surface area contributed by atoms with Crippen LogP contribution >= 0.6 is 0 Å². The van der Waals surface area contributed by atoms with Crippen molar-refractivity contribution in [3.8, 4) is 0 Å². The summed E-state index contributed by atoms with van der Waals surface area (Å²) < 4.78 is 0. The van der Waals surface area contributed by atoms with Crippen LogP contribution in [0.4, 0.5) is 0 Å². The molecule has 0 aromatic carbocycles. The molecule has 0 radical (unpaired) electrons. The molecule has 3 nitrogen and oxygen atoms in total. The van der Waals surface area contributed by atoms with Crippen molar-refractivity contribution in [2.45, 2.75) is 83.7 Å². The molecule has 1 aliphatic carbocycles. The van der Waals surface area contributed by atoms with Gasteiger partial charge in [-0.25, -0.2) is 0 Å². The van der Waals surface area contributed by atoms with Gasteiger partial charge in [0.1, 0.15) is 0 Å². The van der Waals surface area contributed by atoms with Crippen molar-refractivity contribution >= 4 is 5.91 Å². The van der Waals surface area contributed by atoms with E-state index in [1.165, 1.54) is 25.7 Å². The number of hydrogen-bond donors (Lipinski definition) is 2. The molecule has 2 rings (SSSR count). The fourth-order valence-electron chi connectivity index (χ4n) is 3.93. The molecule has 0 spiro atoms. The average molecular weight is 280 g/mol. The van der Waals surface area contributed by atoms with Crippen LogP contribution < -0.4 is 10.6 Å². The third-order valence-electron chi connectivity index (χ3n) is 5.07. The first kappa shape index (κ1) is 15.8. The third-order valence-corrected chi connectivity index (χ3v) is 5.07. The topological polar surface area (TPSA) is 41.1 Å². The molecule has 0 aromatic rings. The fourth-order valence-corrected chi connectivity index (χ4v) is 3.93. The maximum absolute atomic E-state index is 12.6. The predicted molar refractivity (Wildman–Crippen MR) is 83.6 cm³/mol. The highest BCUT2D eigenvalue weighted by molar-refractivity contribution is 5.79. The number of hydrogen-bond acceptors (Lipinski definition) is 2. The normalized spacial score (nSPS) is 29.3. The molecule has 0 aromatic heterocycles. The minimum atomic E-state index is 0.258. The van der Waals surface area contributed by atoms with Crippen LogP contribution in [0.3, 0.4) is 0 Å². The molecule has 1 saturated heterocycles. The number of carbonyl (C=O) groups excluding carboxylic acids is 1. The molecule has 3 atom stereocenters. The van der Waals surface area contributed by atoms with Gasteiger partial charge in [-0.2, -0.15) is 0 Å². The molecular weight excluding hydrogens is 248 g/mol. The first-order valence-corrected chi connectivity index (χ1v) is 8.72. The minimum absolute atomic E-state index is 0.258. The monoisotopic (exact) mass is 280 g/mol. The molecule has 1 amide bonds. The highest BCUT2D eigenvalue weighted by Crippen LogP contribution is 2.32. The van der Waals surface area contributed by atoms with Gasteiger partial charge in [0.2, 0.25) is 5.91 Å². The van der Waals surface area contributed by atoms with Crippen molar-refractivity contribution in [1.29, 1.82) is 0 Å². The van der Waals surface area contributed by atoms with E-state index < -0.39 is 0 Å². The summed E-state index contributed by atoms with van der Waals surface area (Å²) in [5.74, 6) is 1.40. The van der Waals surface area contributed by atoms with Crippen molar-refractivity contribution in [3.05, 3.63) is 0 Å². The molecule has 1 heterocycles. The second-order valence-corrected chi connectivity index (χ2v) is 6.96. The summed E-state index contributed by atoms with van der Waals surface area (Å²) in [5, 5.41) is 6.78. The second kappa shape index (κ2) is 8.02. The molecule has 2 N–H and O–H groups in total. The molecule has 2 fully saturated rings. The van der Waals surface area contributed by atoms with Gasteiger partial charge < -0.3 is 10.6 Å². The molecule has 116 valence electrons. The quantitative estimate of drug-likeness (QED) is 0.784. The lowest BCUT2D eigenvalue weighted by Crippen LogP contribution is -2.48. The van der Waals surface area contributed by atoms with Gasteiger partial charge in [-0.05, 0) is 45.1 Å². The Bertz CT molecular complexity index is 299. The zero-order valence-electron chi connectivity index (χ0n) is 13.3. The van der Waals surface area contributed by atoms with Gasteiger partial charge in [-0.1, -0.05) is 39.0 Å². The lowest BCUT2D eigenvalue weighted by Gasteiger charge is -2.30. The van der Waals surface area contributed by atoms with E-state index in [1.807, 2.05) is 0 Å². The van der Waals surface area contributed by atoms with Crippen molar-refractivity contribution in [3.63, 3.8) is 0 Å². The smallest absolute Gasteiger partial charge is 0.223 e. The van der Waals surface area contributed by atoms with E-state index >= 15 is 0 Å². The highest BCUT2D eigenvalue weighted by atomic mass is 16.1. The number of carbonyl (C=O) groups is 1. The van der Waals surface area contributed by atoms with Crippen LogP contribution in [0.5, 0.6) is 0 Å². The molecule has 20 heavy (non-hydrogen) atoms. The van der Waals surface area contributed by atoms with Gasteiger partial charge in [0.05, 0.1) is 0 Å². The van der Waals surface area contributed by atoms with E-state index in [9.17, 15) is 4.79 Å². The molecule has 1 aliphatic heterocycles. The molecule has 1 saturated carbocycles. The number of piperidine rings is 1. The van der Waals surface area contributed by atoms with Crippen LogP contribution in [0.1, 0.15) is 71.6 Å². The maximum atomic E-state index is 12.6. The van der Waals surface area contributed by atoms with E-state index in [4.69, 9.17) is 0 Å². The molecule has 2 aliphatic rings. The summed E-state index contributed by atoms with van der Waals surface area (Å²) in [6, 6.07) is 0.926. The molecule has 0 bridgehead atoms. The summed E-state index contributed by atoms with van der Waals surface area (Å²) in [7, 11) is 0. The maximum Gasteiger partial charge on any atom is 0.223 e. The van der Waals surface area contributed by atoms with Gasteiger partial charge in [0.15, 0.2) is 0 Å². The van der Waals surface area contributed by atoms with E-state index in [1.54, 1.807) is 0 Å². The fraction of sp³-hybridized carbons (Fsp3) is 0.941. The lowest BCUT2D eigenvalue weighted by molar-refractivity contribution is -0.126. The van der Waals surface area contributed by atoms with Crippen LogP contribution in [-0.2, 0) is 4.79 Å². The zero-order chi connectivity index (χ0) is 14.4. The Hall–Kier alpha value is -0.570. The van der Waals surface area contributed by atoms with Crippen LogP contribution in [0.25, 0.3) is 0 Å². The summed E-state index contributed by atoms with van der Waals surface area (Å²) >= 11 is 0. The number of nitrogens with one attached hydrogen (secondary N) is 2. The minimum Gasteiger partial charge on any atom is -0.353 e. The Morgan fingerprint density at radius 1 is 1.30 bits per heavy atom. The third kappa shape index (κ3) is 4.76. The van der Waals surface area contributed by atoms with E-state index in [0.717, 1.165) is 44.6 Å². The van der Waals surface area contributed by atoms with Gasteiger partial charge in [0, 0.05) is 18.0 Å². The van der Waals surface area contributed by atoms with Crippen molar-refractivity contribution < 1.29 is 4.79 Å². The highest BCUT2D eigenvalue weighted by Gasteiger charge is 2.27. The van der Waals surface area contributed by atoms with E-state index in [-0.39, 0.29) is 5.92 Å². The Kier molecular flexibility index (Phi) is 6.34. The van der Waals surface area contributed by atoms with Gasteiger partial charge in [0.25, 0.3) is 0 Å². The van der Waals surface area contributed by atoms with E-state index in [0.29, 0.717) is 18.0 Å². The summed E-state index contributed by atoms with van der Waals surface area (Å²) in [6.45, 7) is 5.44. The summed E-state index contributed by atoms with van der Waals surface area (Å²) in [4.78, 5) is 12.6. The molecular formula is C17H32N2O. The Morgan fingerprint density at radius 3 is 2.70 bits per heavy atom. The van der Waals surface area contributed by atoms with Crippen molar-refractivity contribution in [2.75, 3.05) is 6.54 Å². The lowest BCUT2D eigenvalue weighted by atomic mass is 9.89. The predicted octanol–water partition coefficient (Wildman–Crippen LogP) is 3.24. The van der Waals surface area contributed by atoms with Crippen molar-refractivity contribution in [2.24, 2.45) is 11.8 Å².